The Hall–Kier alpha value is 0.190. The maximum absolute atomic E-state index is 8.45. The standard InChI is InChI=1S/CH5O6P/c2-1-5-8(3,4)6-7-8/h2-4H,1H2. The van der Waals surface area contributed by atoms with Gasteiger partial charge in [-0.15, -0.1) is 0 Å². The molecule has 0 aromatic heterocycles. The number of hydrogen-bond acceptors (Lipinski definition) is 6. The normalized spacial score (nSPS) is 35.1. The van der Waals surface area contributed by atoms with E-state index in [1.807, 2.05) is 0 Å². The molecule has 1 aliphatic rings. The molecule has 0 saturated carbocycles. The number of aliphatic hydroxyl groups excluding tert-OH is 1. The molecule has 1 fully saturated rings. The Balaban J connectivity index is 2.42. The van der Waals surface area contributed by atoms with Gasteiger partial charge in [-0.1, -0.05) is 0 Å². The summed E-state index contributed by atoms with van der Waals surface area (Å²) in [5.74, 6) is 0. The molecule has 1 aliphatic heterocycles. The van der Waals surface area contributed by atoms with Gasteiger partial charge >= 0.3 is 43.3 Å². The zero-order valence-corrected chi connectivity index (χ0v) is 4.62. The molecule has 0 unspecified atom stereocenters. The van der Waals surface area contributed by atoms with E-state index >= 15 is 0 Å². The van der Waals surface area contributed by atoms with Crippen molar-refractivity contribution < 1.29 is 28.8 Å². The van der Waals surface area contributed by atoms with Crippen LogP contribution in [0.25, 0.3) is 0 Å². The SMILES string of the molecule is OCOP1(O)(O)OO1. The zero-order chi connectivity index (χ0) is 6.28. The molecule has 0 bridgehead atoms. The Kier molecular flexibility index (Phi) is 1.08. The average molecular weight is 144 g/mol. The van der Waals surface area contributed by atoms with Gasteiger partial charge in [-0.2, -0.15) is 0 Å². The van der Waals surface area contributed by atoms with Crippen molar-refractivity contribution in [2.24, 2.45) is 0 Å². The zero-order valence-electron chi connectivity index (χ0n) is 3.72. The second kappa shape index (κ2) is 1.37. The van der Waals surface area contributed by atoms with Gasteiger partial charge in [0.25, 0.3) is 0 Å². The van der Waals surface area contributed by atoms with Crippen molar-refractivity contribution in [3.8, 4) is 0 Å². The molecule has 3 N–H and O–H groups in total. The third-order valence-corrected chi connectivity index (χ3v) is 1.64. The van der Waals surface area contributed by atoms with Gasteiger partial charge in [0.2, 0.25) is 0 Å². The van der Waals surface area contributed by atoms with Crippen molar-refractivity contribution in [2.75, 3.05) is 6.79 Å². The third-order valence-electron chi connectivity index (χ3n) is 0.547. The van der Waals surface area contributed by atoms with Crippen LogP contribution in [0.2, 0.25) is 0 Å². The molecular formula is CH5O6P. The molecular weight excluding hydrogens is 139 g/mol. The Bertz CT molecular complexity index is 101. The Morgan fingerprint density at radius 2 is 1.88 bits per heavy atom. The van der Waals surface area contributed by atoms with Crippen LogP contribution in [0.15, 0.2) is 0 Å². The molecule has 0 amide bonds. The first-order valence-corrected chi connectivity index (χ1v) is 3.61. The molecule has 6 nitrogen and oxygen atoms in total. The summed E-state index contributed by atoms with van der Waals surface area (Å²) in [6.07, 6.45) is 0. The summed E-state index contributed by atoms with van der Waals surface area (Å²) < 4.78 is 11.2. The van der Waals surface area contributed by atoms with Crippen molar-refractivity contribution in [3.05, 3.63) is 0 Å². The van der Waals surface area contributed by atoms with Gasteiger partial charge in [0.15, 0.2) is 0 Å². The summed E-state index contributed by atoms with van der Waals surface area (Å²) in [5.41, 5.74) is 0. The molecule has 0 atom stereocenters. The van der Waals surface area contributed by atoms with E-state index in [0.717, 1.165) is 0 Å². The monoisotopic (exact) mass is 144 g/mol. The fourth-order valence-corrected chi connectivity index (χ4v) is 0.816. The molecule has 1 rings (SSSR count). The summed E-state index contributed by atoms with van der Waals surface area (Å²) in [4.78, 5) is 16.9. The van der Waals surface area contributed by atoms with Gasteiger partial charge in [-0.05, 0) is 0 Å². The van der Waals surface area contributed by atoms with Gasteiger partial charge < -0.3 is 0 Å². The van der Waals surface area contributed by atoms with Crippen molar-refractivity contribution in [3.63, 3.8) is 0 Å². The van der Waals surface area contributed by atoms with Crippen LogP contribution in [0.1, 0.15) is 0 Å². The molecule has 0 aromatic carbocycles. The van der Waals surface area contributed by atoms with E-state index in [9.17, 15) is 0 Å². The van der Waals surface area contributed by atoms with Crippen LogP contribution in [0.4, 0.5) is 0 Å². The summed E-state index contributed by atoms with van der Waals surface area (Å²) in [7, 11) is -4.60. The van der Waals surface area contributed by atoms with Crippen LogP contribution in [-0.4, -0.2) is 21.7 Å². The Labute approximate surface area is 44.5 Å². The molecule has 8 heavy (non-hydrogen) atoms. The van der Waals surface area contributed by atoms with Crippen LogP contribution >= 0.6 is 7.74 Å². The van der Waals surface area contributed by atoms with E-state index in [4.69, 9.17) is 14.9 Å². The van der Waals surface area contributed by atoms with Crippen LogP contribution in [0, 0.1) is 0 Å². The second-order valence-corrected chi connectivity index (χ2v) is 3.37. The number of aliphatic hydroxyl groups is 1. The fourth-order valence-electron chi connectivity index (χ4n) is 0.185. The minimum atomic E-state index is -4.60. The van der Waals surface area contributed by atoms with Gasteiger partial charge in [0, 0.05) is 0 Å². The van der Waals surface area contributed by atoms with Crippen molar-refractivity contribution in [1.82, 2.24) is 0 Å². The number of rotatable bonds is 2. The van der Waals surface area contributed by atoms with E-state index in [1.165, 1.54) is 0 Å². The molecule has 50 valence electrons. The number of hydrogen-bond donors (Lipinski definition) is 3. The van der Waals surface area contributed by atoms with Crippen LogP contribution in [0.5, 0.6) is 0 Å². The Morgan fingerprint density at radius 3 is 2.00 bits per heavy atom. The fraction of sp³-hybridized carbons (Fsp3) is 1.00. The minimum absolute atomic E-state index is 0.842. The van der Waals surface area contributed by atoms with E-state index in [-0.39, 0.29) is 0 Å². The van der Waals surface area contributed by atoms with Gasteiger partial charge in [-0.3, -0.25) is 0 Å². The van der Waals surface area contributed by atoms with Gasteiger partial charge in [0.1, 0.15) is 0 Å². The van der Waals surface area contributed by atoms with Crippen molar-refractivity contribution in [1.29, 1.82) is 0 Å². The van der Waals surface area contributed by atoms with Crippen LogP contribution in [0.3, 0.4) is 0 Å². The first kappa shape index (κ1) is 6.31. The average Bonchev–Trinajstić information content (AvgIpc) is 2.18. The van der Waals surface area contributed by atoms with E-state index in [0.29, 0.717) is 0 Å². The second-order valence-electron chi connectivity index (χ2n) is 1.21. The molecule has 0 spiro atoms. The Morgan fingerprint density at radius 1 is 1.38 bits per heavy atom. The molecule has 0 aliphatic carbocycles. The summed E-state index contributed by atoms with van der Waals surface area (Å²) >= 11 is 0. The first-order valence-electron chi connectivity index (χ1n) is 1.72. The summed E-state index contributed by atoms with van der Waals surface area (Å²) in [6, 6.07) is 0. The summed E-state index contributed by atoms with van der Waals surface area (Å²) in [6.45, 7) is -0.842. The topological polar surface area (TPSA) is 95.0 Å². The molecule has 1 saturated heterocycles. The first-order chi connectivity index (χ1) is 3.55. The van der Waals surface area contributed by atoms with Crippen molar-refractivity contribution in [2.45, 2.75) is 0 Å². The van der Waals surface area contributed by atoms with Crippen molar-refractivity contribution >= 4 is 7.74 Å². The van der Waals surface area contributed by atoms with Crippen LogP contribution < -0.4 is 0 Å². The molecule has 0 radical (unpaired) electrons. The summed E-state index contributed by atoms with van der Waals surface area (Å²) in [5, 5.41) is 7.94. The van der Waals surface area contributed by atoms with E-state index in [2.05, 4.69) is 13.9 Å². The third kappa shape index (κ3) is 1.12. The van der Waals surface area contributed by atoms with Crippen LogP contribution in [-0.2, 0) is 13.9 Å². The predicted octanol–water partition coefficient (Wildman–Crippen LogP) is -0.973. The molecule has 1 heterocycles. The van der Waals surface area contributed by atoms with Gasteiger partial charge in [-0.25, -0.2) is 0 Å². The quantitative estimate of drug-likeness (QED) is 0.200. The van der Waals surface area contributed by atoms with E-state index in [1.54, 1.807) is 0 Å². The molecule has 7 heteroatoms. The maximum atomic E-state index is 8.45. The predicted molar refractivity (Wildman–Crippen MR) is 21.7 cm³/mol. The van der Waals surface area contributed by atoms with E-state index < -0.39 is 14.5 Å². The molecule has 0 aromatic rings. The van der Waals surface area contributed by atoms with Gasteiger partial charge in [0.05, 0.1) is 0 Å².